The number of rotatable bonds is 10. The normalized spacial score (nSPS) is 16.1. The first-order valence-corrected chi connectivity index (χ1v) is 11.0. The van der Waals surface area contributed by atoms with E-state index in [1.807, 2.05) is 57.2 Å². The van der Waals surface area contributed by atoms with Crippen molar-refractivity contribution in [1.82, 2.24) is 4.90 Å². The Morgan fingerprint density at radius 1 is 1.12 bits per heavy atom. The number of methoxy groups -OCH3 is 1. The molecule has 1 aliphatic rings. The van der Waals surface area contributed by atoms with Crippen molar-refractivity contribution < 1.29 is 24.2 Å². The summed E-state index contributed by atoms with van der Waals surface area (Å²) < 4.78 is 11.5. The predicted molar refractivity (Wildman–Crippen MR) is 123 cm³/mol. The molecule has 1 aliphatic heterocycles. The van der Waals surface area contributed by atoms with E-state index in [1.54, 1.807) is 24.1 Å². The highest BCUT2D eigenvalue weighted by Gasteiger charge is 2.43. The summed E-state index contributed by atoms with van der Waals surface area (Å²) in [4.78, 5) is 27.3. The van der Waals surface area contributed by atoms with Crippen molar-refractivity contribution in [2.24, 2.45) is 5.92 Å². The second-order valence-electron chi connectivity index (χ2n) is 8.37. The van der Waals surface area contributed by atoms with E-state index in [2.05, 4.69) is 0 Å². The zero-order valence-electron chi connectivity index (χ0n) is 19.1. The lowest BCUT2D eigenvalue weighted by Gasteiger charge is -2.27. The predicted octanol–water partition coefficient (Wildman–Crippen LogP) is 4.99. The average Bonchev–Trinajstić information content (AvgIpc) is 3.03. The second-order valence-corrected chi connectivity index (χ2v) is 8.37. The highest BCUT2D eigenvalue weighted by Crippen LogP contribution is 2.41. The molecule has 0 saturated carbocycles. The summed E-state index contributed by atoms with van der Waals surface area (Å²) in [6.07, 6.45) is 0.967. The fraction of sp³-hybridized carbons (Fsp3) is 0.385. The van der Waals surface area contributed by atoms with Gasteiger partial charge in [-0.2, -0.15) is 0 Å². The third kappa shape index (κ3) is 4.96. The van der Waals surface area contributed by atoms with Crippen molar-refractivity contribution in [3.63, 3.8) is 0 Å². The molecule has 1 unspecified atom stereocenters. The van der Waals surface area contributed by atoms with E-state index in [0.29, 0.717) is 36.6 Å². The number of ketones is 1. The molecule has 6 heteroatoms. The largest absolute Gasteiger partial charge is 0.503 e. The smallest absolute Gasteiger partial charge is 0.290 e. The van der Waals surface area contributed by atoms with Gasteiger partial charge >= 0.3 is 0 Å². The summed E-state index contributed by atoms with van der Waals surface area (Å²) in [6.45, 7) is 6.65. The Bertz CT molecular complexity index is 997. The van der Waals surface area contributed by atoms with Crippen molar-refractivity contribution in [2.75, 3.05) is 13.7 Å². The van der Waals surface area contributed by atoms with Crippen LogP contribution in [0.1, 0.15) is 50.8 Å². The quantitative estimate of drug-likeness (QED) is 0.566. The van der Waals surface area contributed by atoms with Crippen molar-refractivity contribution >= 4 is 11.7 Å². The molecule has 32 heavy (non-hydrogen) atoms. The molecule has 0 aliphatic carbocycles. The van der Waals surface area contributed by atoms with E-state index in [9.17, 15) is 14.7 Å². The minimum absolute atomic E-state index is 0.113. The summed E-state index contributed by atoms with van der Waals surface area (Å²) in [5.74, 6) is 0.0174. The Hall–Kier alpha value is -3.28. The molecule has 0 fully saturated rings. The van der Waals surface area contributed by atoms with Crippen LogP contribution in [-0.2, 0) is 16.2 Å². The maximum Gasteiger partial charge on any atom is 0.290 e. The third-order valence-corrected chi connectivity index (χ3v) is 5.40. The monoisotopic (exact) mass is 437 g/mol. The topological polar surface area (TPSA) is 76.1 Å². The van der Waals surface area contributed by atoms with E-state index < -0.39 is 17.7 Å². The van der Waals surface area contributed by atoms with Crippen LogP contribution in [0.5, 0.6) is 11.5 Å². The minimum atomic E-state index is -0.647. The lowest BCUT2D eigenvalue weighted by atomic mass is 9.92. The molecule has 2 aromatic carbocycles. The van der Waals surface area contributed by atoms with Crippen LogP contribution in [0, 0.1) is 5.92 Å². The molecule has 0 bridgehead atoms. The fourth-order valence-electron chi connectivity index (χ4n) is 3.95. The Morgan fingerprint density at radius 3 is 2.47 bits per heavy atom. The molecule has 1 heterocycles. The van der Waals surface area contributed by atoms with Crippen LogP contribution < -0.4 is 9.47 Å². The number of aliphatic hydroxyl groups is 1. The maximum absolute atomic E-state index is 13.0. The molecule has 0 aromatic heterocycles. The molecule has 1 amide bonds. The molecule has 0 radical (unpaired) electrons. The van der Waals surface area contributed by atoms with Crippen molar-refractivity contribution in [3.05, 3.63) is 71.0 Å². The van der Waals surface area contributed by atoms with Crippen LogP contribution in [0.4, 0.5) is 0 Å². The molecule has 2 aromatic rings. The molecular weight excluding hydrogens is 406 g/mol. The third-order valence-electron chi connectivity index (χ3n) is 5.40. The summed E-state index contributed by atoms with van der Waals surface area (Å²) in [5.41, 5.74) is 1.90. The maximum atomic E-state index is 13.0. The second kappa shape index (κ2) is 10.4. The number of Topliss-reactive ketones (excluding diaryl/α,β-unsaturated/α-hetero) is 1. The van der Waals surface area contributed by atoms with Gasteiger partial charge in [0.05, 0.1) is 18.7 Å². The van der Waals surface area contributed by atoms with E-state index in [1.165, 1.54) is 0 Å². The van der Waals surface area contributed by atoms with Gasteiger partial charge < -0.3 is 19.5 Å². The number of hydrogen-bond acceptors (Lipinski definition) is 5. The van der Waals surface area contributed by atoms with Crippen molar-refractivity contribution in [3.8, 4) is 11.5 Å². The van der Waals surface area contributed by atoms with Gasteiger partial charge in [0.1, 0.15) is 6.61 Å². The number of benzene rings is 2. The van der Waals surface area contributed by atoms with Gasteiger partial charge in [0.15, 0.2) is 23.0 Å². The summed E-state index contributed by atoms with van der Waals surface area (Å²) >= 11 is 0. The molecule has 6 nitrogen and oxygen atoms in total. The van der Waals surface area contributed by atoms with E-state index >= 15 is 0 Å². The Labute approximate surface area is 189 Å². The van der Waals surface area contributed by atoms with Crippen LogP contribution in [0.25, 0.3) is 0 Å². The first-order chi connectivity index (χ1) is 15.4. The molecule has 170 valence electrons. The van der Waals surface area contributed by atoms with Gasteiger partial charge in [-0.15, -0.1) is 0 Å². The molecule has 1 atom stereocenters. The van der Waals surface area contributed by atoms with Gasteiger partial charge in [-0.05, 0) is 35.6 Å². The number of hydrogen-bond donors (Lipinski definition) is 1. The number of amides is 1. The fourth-order valence-corrected chi connectivity index (χ4v) is 3.95. The first-order valence-electron chi connectivity index (χ1n) is 11.0. The number of carbonyl (C=O) groups excluding carboxylic acids is 2. The molecular formula is C26H31NO5. The first kappa shape index (κ1) is 23.4. The number of carbonyl (C=O) groups is 2. The Balaban J connectivity index is 1.94. The zero-order chi connectivity index (χ0) is 23.3. The van der Waals surface area contributed by atoms with Gasteiger partial charge in [0, 0.05) is 13.0 Å². The lowest BCUT2D eigenvalue weighted by Crippen LogP contribution is -2.32. The molecule has 1 N–H and O–H groups in total. The highest BCUT2D eigenvalue weighted by atomic mass is 16.5. The van der Waals surface area contributed by atoms with Crippen LogP contribution in [0.15, 0.2) is 59.9 Å². The summed E-state index contributed by atoms with van der Waals surface area (Å²) in [5, 5.41) is 10.6. The number of aliphatic hydroxyl groups excluding tert-OH is 1. The van der Waals surface area contributed by atoms with Crippen molar-refractivity contribution in [1.29, 1.82) is 0 Å². The molecule has 0 spiro atoms. The summed E-state index contributed by atoms with van der Waals surface area (Å²) in [7, 11) is 1.55. The van der Waals surface area contributed by atoms with Crippen LogP contribution in [-0.4, -0.2) is 35.4 Å². The van der Waals surface area contributed by atoms with Gasteiger partial charge in [-0.1, -0.05) is 57.2 Å². The lowest BCUT2D eigenvalue weighted by molar-refractivity contribution is -0.129. The van der Waals surface area contributed by atoms with Crippen molar-refractivity contribution in [2.45, 2.75) is 46.3 Å². The van der Waals surface area contributed by atoms with E-state index in [4.69, 9.17) is 9.47 Å². The minimum Gasteiger partial charge on any atom is -0.503 e. The number of ether oxygens (including phenoxy) is 2. The Kier molecular flexibility index (Phi) is 7.57. The standard InChI is InChI=1S/C26H31NO5/c1-5-13-27-24(23(25(29)26(27)30)20(28)14-17(2)3)19-11-12-21(22(15-19)31-4)32-16-18-9-7-6-8-10-18/h6-12,15,17,24,29H,5,13-14,16H2,1-4H3. The van der Waals surface area contributed by atoms with Gasteiger partial charge in [0.25, 0.3) is 5.91 Å². The molecule has 0 saturated heterocycles. The number of nitrogens with zero attached hydrogens (tertiary/aromatic N) is 1. The van der Waals surface area contributed by atoms with E-state index in [0.717, 1.165) is 5.56 Å². The van der Waals surface area contributed by atoms with Gasteiger partial charge in [0.2, 0.25) is 0 Å². The van der Waals surface area contributed by atoms with E-state index in [-0.39, 0.29) is 23.7 Å². The molecule has 3 rings (SSSR count). The van der Waals surface area contributed by atoms with Gasteiger partial charge in [-0.3, -0.25) is 9.59 Å². The van der Waals surface area contributed by atoms with Crippen LogP contribution >= 0.6 is 0 Å². The average molecular weight is 438 g/mol. The highest BCUT2D eigenvalue weighted by molar-refractivity contribution is 6.09. The summed E-state index contributed by atoms with van der Waals surface area (Å²) in [6, 6.07) is 14.6. The SMILES string of the molecule is CCCN1C(=O)C(O)=C(C(=O)CC(C)C)C1c1ccc(OCc2ccccc2)c(OC)c1. The Morgan fingerprint density at radius 2 is 1.84 bits per heavy atom. The van der Waals surface area contributed by atoms with Crippen LogP contribution in [0.2, 0.25) is 0 Å². The zero-order valence-corrected chi connectivity index (χ0v) is 19.1. The van der Waals surface area contributed by atoms with Crippen LogP contribution in [0.3, 0.4) is 0 Å². The van der Waals surface area contributed by atoms with Gasteiger partial charge in [-0.25, -0.2) is 0 Å².